The summed E-state index contributed by atoms with van der Waals surface area (Å²) in [7, 11) is 0. The van der Waals surface area contributed by atoms with Crippen LogP contribution in [0.4, 0.5) is 5.69 Å². The van der Waals surface area contributed by atoms with Crippen LogP contribution >= 0.6 is 0 Å². The Morgan fingerprint density at radius 1 is 1.46 bits per heavy atom. The van der Waals surface area contributed by atoms with Crippen LogP contribution in [0.1, 0.15) is 43.4 Å². The summed E-state index contributed by atoms with van der Waals surface area (Å²) in [5.41, 5.74) is 3.01. The van der Waals surface area contributed by atoms with Gasteiger partial charge in [-0.1, -0.05) is 12.1 Å². The molecule has 2 amide bonds. The summed E-state index contributed by atoms with van der Waals surface area (Å²) in [5, 5.41) is 5.81. The molecule has 24 heavy (non-hydrogen) atoms. The Morgan fingerprint density at radius 3 is 3.12 bits per heavy atom. The Hall–Kier alpha value is -1.92. The van der Waals surface area contributed by atoms with Crippen molar-refractivity contribution in [2.24, 2.45) is 0 Å². The fourth-order valence-corrected chi connectivity index (χ4v) is 3.10. The lowest BCUT2D eigenvalue weighted by molar-refractivity contribution is -0.127. The molecule has 2 atom stereocenters. The summed E-state index contributed by atoms with van der Waals surface area (Å²) in [6, 6.07) is 5.78. The average molecular weight is 332 g/mol. The number of aryl methyl sites for hydroxylation is 1. The molecule has 0 aromatic heterocycles. The van der Waals surface area contributed by atoms with E-state index >= 15 is 0 Å². The predicted octanol–water partition coefficient (Wildman–Crippen LogP) is 1.94. The van der Waals surface area contributed by atoms with E-state index < -0.39 is 0 Å². The molecule has 1 aromatic carbocycles. The number of anilines is 1. The number of benzene rings is 1. The third-order valence-electron chi connectivity index (χ3n) is 4.46. The van der Waals surface area contributed by atoms with Gasteiger partial charge in [-0.05, 0) is 43.4 Å². The molecule has 0 radical (unpaired) electrons. The van der Waals surface area contributed by atoms with Gasteiger partial charge in [-0.15, -0.1) is 0 Å². The lowest BCUT2D eigenvalue weighted by Crippen LogP contribution is -2.31. The van der Waals surface area contributed by atoms with Gasteiger partial charge in [-0.3, -0.25) is 9.59 Å². The van der Waals surface area contributed by atoms with Crippen LogP contribution in [0.2, 0.25) is 0 Å². The molecule has 2 aliphatic heterocycles. The van der Waals surface area contributed by atoms with Gasteiger partial charge in [0.2, 0.25) is 11.8 Å². The second kappa shape index (κ2) is 7.77. The normalized spacial score (nSPS) is 21.0. The molecule has 130 valence electrons. The highest BCUT2D eigenvalue weighted by Crippen LogP contribution is 2.26. The smallest absolute Gasteiger partial charge is 0.246 e. The largest absolute Gasteiger partial charge is 0.376 e. The van der Waals surface area contributed by atoms with Crippen molar-refractivity contribution in [1.29, 1.82) is 0 Å². The van der Waals surface area contributed by atoms with Crippen molar-refractivity contribution in [3.05, 3.63) is 29.3 Å². The molecule has 2 N–H and O–H groups in total. The lowest BCUT2D eigenvalue weighted by atomic mass is 9.98. The Labute approximate surface area is 141 Å². The molecule has 1 fully saturated rings. The van der Waals surface area contributed by atoms with Crippen LogP contribution in [0.5, 0.6) is 0 Å². The van der Waals surface area contributed by atoms with Crippen LogP contribution in [-0.2, 0) is 25.5 Å². The summed E-state index contributed by atoms with van der Waals surface area (Å²) in [6.07, 6.45) is 3.44. The van der Waals surface area contributed by atoms with Crippen molar-refractivity contribution >= 4 is 17.5 Å². The standard InChI is InChI=1S/C18H24N2O4/c1-12(19-18(22)11-23-10-15-3-2-8-24-15)13-4-6-16-14(9-13)5-7-17(21)20-16/h4,6,9,12,15H,2-3,5,7-8,10-11H2,1H3,(H,19,22)(H,20,21)/t12-,15-/m1/s1. The number of ether oxygens (including phenoxy) is 2. The first-order chi connectivity index (χ1) is 11.6. The van der Waals surface area contributed by atoms with Crippen LogP contribution in [-0.4, -0.2) is 37.7 Å². The molecule has 2 aliphatic rings. The first-order valence-corrected chi connectivity index (χ1v) is 8.53. The van der Waals surface area contributed by atoms with Crippen molar-refractivity contribution in [2.45, 2.75) is 44.8 Å². The quantitative estimate of drug-likeness (QED) is 0.835. The van der Waals surface area contributed by atoms with Crippen molar-refractivity contribution in [1.82, 2.24) is 5.32 Å². The topological polar surface area (TPSA) is 76.7 Å². The Balaban J connectivity index is 1.48. The number of carbonyl (C=O) groups is 2. The maximum absolute atomic E-state index is 12.0. The number of hydrogen-bond acceptors (Lipinski definition) is 4. The van der Waals surface area contributed by atoms with E-state index in [1.165, 1.54) is 0 Å². The Kier molecular flexibility index (Phi) is 5.48. The summed E-state index contributed by atoms with van der Waals surface area (Å²) in [5.74, 6) is -0.0773. The second-order valence-corrected chi connectivity index (χ2v) is 6.40. The molecule has 1 saturated heterocycles. The van der Waals surface area contributed by atoms with Gasteiger partial charge in [0.05, 0.1) is 18.8 Å². The van der Waals surface area contributed by atoms with Crippen LogP contribution < -0.4 is 10.6 Å². The Morgan fingerprint density at radius 2 is 2.33 bits per heavy atom. The van der Waals surface area contributed by atoms with E-state index in [-0.39, 0.29) is 30.6 Å². The molecule has 0 spiro atoms. The van der Waals surface area contributed by atoms with Crippen LogP contribution in [0.25, 0.3) is 0 Å². The zero-order chi connectivity index (χ0) is 16.9. The number of fused-ring (bicyclic) bond motifs is 1. The molecule has 6 nitrogen and oxygen atoms in total. The molecule has 0 aliphatic carbocycles. The highest BCUT2D eigenvalue weighted by molar-refractivity contribution is 5.93. The third-order valence-corrected chi connectivity index (χ3v) is 4.46. The summed E-state index contributed by atoms with van der Waals surface area (Å²) < 4.78 is 10.9. The molecule has 2 heterocycles. The van der Waals surface area contributed by atoms with E-state index in [1.54, 1.807) is 0 Å². The predicted molar refractivity (Wildman–Crippen MR) is 89.7 cm³/mol. The van der Waals surface area contributed by atoms with Gasteiger partial charge in [-0.2, -0.15) is 0 Å². The third kappa shape index (κ3) is 4.33. The van der Waals surface area contributed by atoms with Gasteiger partial charge in [-0.25, -0.2) is 0 Å². The molecule has 0 bridgehead atoms. The molecular formula is C18H24N2O4. The zero-order valence-electron chi connectivity index (χ0n) is 14.0. The number of nitrogens with one attached hydrogen (secondary N) is 2. The van der Waals surface area contributed by atoms with E-state index in [4.69, 9.17) is 9.47 Å². The zero-order valence-corrected chi connectivity index (χ0v) is 14.0. The highest BCUT2D eigenvalue weighted by atomic mass is 16.5. The average Bonchev–Trinajstić information content (AvgIpc) is 3.07. The van der Waals surface area contributed by atoms with Crippen molar-refractivity contribution < 1.29 is 19.1 Å². The minimum atomic E-state index is -0.133. The number of rotatable bonds is 6. The van der Waals surface area contributed by atoms with E-state index in [1.807, 2.05) is 25.1 Å². The van der Waals surface area contributed by atoms with Gasteiger partial charge < -0.3 is 20.1 Å². The Bertz CT molecular complexity index is 611. The number of amides is 2. The molecule has 1 aromatic rings. The SMILES string of the molecule is C[C@@H](NC(=O)COC[C@H]1CCCO1)c1ccc2c(c1)CCC(=O)N2. The van der Waals surface area contributed by atoms with Crippen LogP contribution in [0, 0.1) is 0 Å². The highest BCUT2D eigenvalue weighted by Gasteiger charge is 2.18. The first-order valence-electron chi connectivity index (χ1n) is 8.53. The minimum Gasteiger partial charge on any atom is -0.376 e. The molecule has 3 rings (SSSR count). The van der Waals surface area contributed by atoms with Crippen LogP contribution in [0.3, 0.4) is 0 Å². The van der Waals surface area contributed by atoms with Crippen LogP contribution in [0.15, 0.2) is 18.2 Å². The summed E-state index contributed by atoms with van der Waals surface area (Å²) in [4.78, 5) is 23.4. The summed E-state index contributed by atoms with van der Waals surface area (Å²) in [6.45, 7) is 3.25. The van der Waals surface area contributed by atoms with Gasteiger partial charge >= 0.3 is 0 Å². The van der Waals surface area contributed by atoms with Gasteiger partial charge in [0.15, 0.2) is 0 Å². The van der Waals surface area contributed by atoms with E-state index in [0.717, 1.165) is 42.7 Å². The number of hydrogen-bond donors (Lipinski definition) is 2. The second-order valence-electron chi connectivity index (χ2n) is 6.40. The van der Waals surface area contributed by atoms with E-state index in [0.29, 0.717) is 13.0 Å². The fraction of sp³-hybridized carbons (Fsp3) is 0.556. The van der Waals surface area contributed by atoms with E-state index in [9.17, 15) is 9.59 Å². The first kappa shape index (κ1) is 16.9. The molecular weight excluding hydrogens is 308 g/mol. The monoisotopic (exact) mass is 332 g/mol. The maximum Gasteiger partial charge on any atom is 0.246 e. The van der Waals surface area contributed by atoms with Crippen molar-refractivity contribution in [3.8, 4) is 0 Å². The van der Waals surface area contributed by atoms with Gasteiger partial charge in [0.25, 0.3) is 0 Å². The summed E-state index contributed by atoms with van der Waals surface area (Å²) >= 11 is 0. The van der Waals surface area contributed by atoms with Gasteiger partial charge in [0.1, 0.15) is 6.61 Å². The van der Waals surface area contributed by atoms with Crippen molar-refractivity contribution in [2.75, 3.05) is 25.1 Å². The lowest BCUT2D eigenvalue weighted by Gasteiger charge is -2.20. The van der Waals surface area contributed by atoms with Crippen molar-refractivity contribution in [3.63, 3.8) is 0 Å². The van der Waals surface area contributed by atoms with E-state index in [2.05, 4.69) is 10.6 Å². The minimum absolute atomic E-state index is 0.0468. The maximum atomic E-state index is 12.0. The fourth-order valence-electron chi connectivity index (χ4n) is 3.10. The molecule has 0 unspecified atom stereocenters. The molecule has 6 heteroatoms. The van der Waals surface area contributed by atoms with Gasteiger partial charge in [0, 0.05) is 18.7 Å². The molecule has 0 saturated carbocycles. The number of carbonyl (C=O) groups excluding carboxylic acids is 2.